The third kappa shape index (κ3) is 4.67. The molecule has 9 nitrogen and oxygen atoms in total. The van der Waals surface area contributed by atoms with Crippen molar-refractivity contribution in [3.8, 4) is 17.0 Å². The number of amides is 1. The van der Waals surface area contributed by atoms with Crippen LogP contribution in [0.5, 0.6) is 5.75 Å². The Kier molecular flexibility index (Phi) is 6.27. The highest BCUT2D eigenvalue weighted by Gasteiger charge is 2.46. The molecule has 3 fully saturated rings. The highest BCUT2D eigenvalue weighted by Crippen LogP contribution is 2.40. The number of rotatable bonds is 7. The minimum atomic E-state index is -1.19. The van der Waals surface area contributed by atoms with Gasteiger partial charge in [0.15, 0.2) is 6.23 Å². The van der Waals surface area contributed by atoms with Crippen LogP contribution in [0.25, 0.3) is 22.2 Å². The Morgan fingerprint density at radius 1 is 1.05 bits per heavy atom. The minimum Gasteiger partial charge on any atom is -0.490 e. The molecule has 0 saturated carbocycles. The molecule has 3 saturated heterocycles. The van der Waals surface area contributed by atoms with E-state index >= 15 is 0 Å². The van der Waals surface area contributed by atoms with Crippen LogP contribution >= 0.6 is 0 Å². The Morgan fingerprint density at radius 3 is 2.54 bits per heavy atom. The van der Waals surface area contributed by atoms with Crippen LogP contribution in [0.1, 0.15) is 48.0 Å². The van der Waals surface area contributed by atoms with E-state index in [2.05, 4.69) is 25.4 Å². The molecule has 3 aliphatic rings. The average molecular weight is 526 g/mol. The lowest BCUT2D eigenvalue weighted by Gasteiger charge is -2.46. The number of H-pyrrole nitrogens is 1. The van der Waals surface area contributed by atoms with E-state index in [4.69, 9.17) is 9.47 Å². The minimum absolute atomic E-state index is 0.235. The average Bonchev–Trinajstić information content (AvgIpc) is 3.46. The van der Waals surface area contributed by atoms with E-state index in [9.17, 15) is 9.90 Å². The SMILES string of the molecule is O=C(N[C@@H](O)c1ccccn1)c1ccc2[nH]nc(-c3ccc(OC4CC5CCC(C4)N5C4COC4)cc3)c2c1. The molecule has 2 aromatic carbocycles. The number of carbonyl (C=O) groups is 1. The molecule has 4 aromatic rings. The predicted molar refractivity (Wildman–Crippen MR) is 145 cm³/mol. The molecule has 0 spiro atoms. The second-order valence-corrected chi connectivity index (χ2v) is 10.7. The molecular weight excluding hydrogens is 494 g/mol. The summed E-state index contributed by atoms with van der Waals surface area (Å²) in [6.45, 7) is 1.75. The van der Waals surface area contributed by atoms with E-state index in [1.165, 1.54) is 12.8 Å². The summed E-state index contributed by atoms with van der Waals surface area (Å²) in [5.74, 6) is 0.475. The number of piperidine rings is 1. The first-order chi connectivity index (χ1) is 19.1. The van der Waals surface area contributed by atoms with Crippen molar-refractivity contribution < 1.29 is 19.4 Å². The van der Waals surface area contributed by atoms with Gasteiger partial charge in [-0.3, -0.25) is 19.8 Å². The van der Waals surface area contributed by atoms with Gasteiger partial charge in [0.2, 0.25) is 0 Å². The Labute approximate surface area is 226 Å². The summed E-state index contributed by atoms with van der Waals surface area (Å²) in [7, 11) is 0. The molecule has 2 aromatic heterocycles. The van der Waals surface area contributed by atoms with Gasteiger partial charge in [0, 0.05) is 34.8 Å². The summed E-state index contributed by atoms with van der Waals surface area (Å²) in [5.41, 5.74) is 3.32. The molecule has 39 heavy (non-hydrogen) atoms. The number of aromatic nitrogens is 3. The van der Waals surface area contributed by atoms with Gasteiger partial charge >= 0.3 is 0 Å². The van der Waals surface area contributed by atoms with Crippen LogP contribution in [0.3, 0.4) is 0 Å². The van der Waals surface area contributed by atoms with Gasteiger partial charge in [-0.1, -0.05) is 6.07 Å². The summed E-state index contributed by atoms with van der Waals surface area (Å²) in [4.78, 5) is 19.6. The van der Waals surface area contributed by atoms with Gasteiger partial charge in [0.25, 0.3) is 5.91 Å². The molecule has 9 heteroatoms. The van der Waals surface area contributed by atoms with E-state index in [0.29, 0.717) is 29.4 Å². The smallest absolute Gasteiger partial charge is 0.253 e. The van der Waals surface area contributed by atoms with Gasteiger partial charge < -0.3 is 19.9 Å². The number of ether oxygens (including phenoxy) is 2. The molecule has 2 bridgehead atoms. The molecule has 7 rings (SSSR count). The van der Waals surface area contributed by atoms with Crippen molar-refractivity contribution in [2.45, 2.75) is 56.1 Å². The largest absolute Gasteiger partial charge is 0.490 e. The third-order valence-electron chi connectivity index (χ3n) is 8.28. The van der Waals surface area contributed by atoms with Gasteiger partial charge in [-0.15, -0.1) is 0 Å². The zero-order chi connectivity index (χ0) is 26.3. The first-order valence-electron chi connectivity index (χ1n) is 13.6. The van der Waals surface area contributed by atoms with E-state index in [-0.39, 0.29) is 6.10 Å². The highest BCUT2D eigenvalue weighted by atomic mass is 16.5. The van der Waals surface area contributed by atoms with Gasteiger partial charge in [-0.05, 0) is 80.3 Å². The maximum atomic E-state index is 12.8. The second-order valence-electron chi connectivity index (χ2n) is 10.7. The lowest BCUT2D eigenvalue weighted by atomic mass is 9.96. The van der Waals surface area contributed by atoms with Gasteiger partial charge in [-0.2, -0.15) is 5.10 Å². The third-order valence-corrected chi connectivity index (χ3v) is 8.28. The number of nitrogens with zero attached hydrogens (tertiary/aromatic N) is 3. The molecule has 2 unspecified atom stereocenters. The number of pyridine rings is 1. The standard InChI is InChI=1S/C30H31N5O4/c36-29(32-30(37)27-3-1-2-12-31-27)19-6-11-26-25(13-19)28(34-33-26)18-4-9-23(10-5-18)39-24-14-20-7-8-21(15-24)35(20)22-16-38-17-22/h1-6,9-13,20-22,24,30,37H,7-8,14-17H2,(H,32,36)(H,33,34)/t20?,21?,24?,30-/m0/s1. The quantitative estimate of drug-likeness (QED) is 0.315. The molecule has 0 radical (unpaired) electrons. The van der Waals surface area contributed by atoms with Crippen LogP contribution in [-0.2, 0) is 4.74 Å². The molecule has 5 heterocycles. The second kappa shape index (κ2) is 10.1. The number of aliphatic hydroxyl groups is 1. The first kappa shape index (κ1) is 24.3. The normalized spacial score (nSPS) is 23.9. The molecule has 3 N–H and O–H groups in total. The van der Waals surface area contributed by atoms with Crippen LogP contribution in [-0.4, -0.2) is 68.5 Å². The number of aliphatic hydroxyl groups excluding tert-OH is 1. The maximum Gasteiger partial charge on any atom is 0.253 e. The van der Waals surface area contributed by atoms with Crippen molar-refractivity contribution in [2.24, 2.45) is 0 Å². The molecule has 3 atom stereocenters. The Bertz CT molecular complexity index is 1460. The molecule has 1 amide bonds. The fourth-order valence-electron chi connectivity index (χ4n) is 6.33. The number of fused-ring (bicyclic) bond motifs is 3. The summed E-state index contributed by atoms with van der Waals surface area (Å²) < 4.78 is 11.9. The topological polar surface area (TPSA) is 113 Å². The van der Waals surface area contributed by atoms with Crippen LogP contribution in [0.2, 0.25) is 0 Å². The van der Waals surface area contributed by atoms with Crippen molar-refractivity contribution in [1.29, 1.82) is 0 Å². The lowest BCUT2D eigenvalue weighted by molar-refractivity contribution is -0.102. The fraction of sp³-hybridized carbons (Fsp3) is 0.367. The van der Waals surface area contributed by atoms with E-state index in [1.54, 1.807) is 36.5 Å². The monoisotopic (exact) mass is 525 g/mol. The number of benzene rings is 2. The van der Waals surface area contributed by atoms with E-state index < -0.39 is 12.1 Å². The molecule has 3 aliphatic heterocycles. The summed E-state index contributed by atoms with van der Waals surface area (Å²) >= 11 is 0. The van der Waals surface area contributed by atoms with E-state index in [1.807, 2.05) is 30.3 Å². The van der Waals surface area contributed by atoms with Crippen molar-refractivity contribution in [3.05, 3.63) is 78.1 Å². The van der Waals surface area contributed by atoms with Crippen molar-refractivity contribution >= 4 is 16.8 Å². The fourth-order valence-corrected chi connectivity index (χ4v) is 6.33. The number of carbonyl (C=O) groups excluding carboxylic acids is 1. The number of nitrogens with one attached hydrogen (secondary N) is 2. The predicted octanol–water partition coefficient (Wildman–Crippen LogP) is 3.82. The van der Waals surface area contributed by atoms with Crippen LogP contribution < -0.4 is 10.1 Å². The summed E-state index contributed by atoms with van der Waals surface area (Å²) in [6.07, 6.45) is 5.27. The van der Waals surface area contributed by atoms with Gasteiger partial charge in [0.05, 0.1) is 36.2 Å². The Hall–Kier alpha value is -3.79. The highest BCUT2D eigenvalue weighted by molar-refractivity contribution is 6.01. The van der Waals surface area contributed by atoms with Crippen molar-refractivity contribution in [2.75, 3.05) is 13.2 Å². The lowest BCUT2D eigenvalue weighted by Crippen LogP contribution is -2.57. The van der Waals surface area contributed by atoms with Crippen LogP contribution in [0, 0.1) is 0 Å². The summed E-state index contributed by atoms with van der Waals surface area (Å²) in [5, 5.41) is 21.3. The van der Waals surface area contributed by atoms with E-state index in [0.717, 1.165) is 54.0 Å². The van der Waals surface area contributed by atoms with Crippen LogP contribution in [0.4, 0.5) is 0 Å². The Balaban J connectivity index is 1.04. The van der Waals surface area contributed by atoms with Crippen molar-refractivity contribution in [1.82, 2.24) is 25.4 Å². The van der Waals surface area contributed by atoms with Crippen LogP contribution in [0.15, 0.2) is 66.9 Å². The molecule has 0 aliphatic carbocycles. The van der Waals surface area contributed by atoms with Crippen molar-refractivity contribution in [3.63, 3.8) is 0 Å². The van der Waals surface area contributed by atoms with Gasteiger partial charge in [0.1, 0.15) is 11.9 Å². The maximum absolute atomic E-state index is 12.8. The zero-order valence-electron chi connectivity index (χ0n) is 21.5. The number of hydrogen-bond donors (Lipinski definition) is 3. The zero-order valence-corrected chi connectivity index (χ0v) is 21.5. The summed E-state index contributed by atoms with van der Waals surface area (Å²) in [6, 6.07) is 20.3. The first-order valence-corrected chi connectivity index (χ1v) is 13.6. The number of hydrogen-bond acceptors (Lipinski definition) is 7. The molecule has 200 valence electrons. The Morgan fingerprint density at radius 2 is 1.85 bits per heavy atom. The molecular formula is C30H31N5O4. The van der Waals surface area contributed by atoms with Gasteiger partial charge in [-0.25, -0.2) is 0 Å². The number of aromatic amines is 1.